The van der Waals surface area contributed by atoms with Crippen molar-refractivity contribution in [2.75, 3.05) is 26.8 Å². The molecule has 2 aliphatic heterocycles. The van der Waals surface area contributed by atoms with Gasteiger partial charge in [0.2, 0.25) is 17.4 Å². The van der Waals surface area contributed by atoms with Crippen LogP contribution in [0.25, 0.3) is 0 Å². The van der Waals surface area contributed by atoms with E-state index < -0.39 is 59.8 Å². The molecule has 1 fully saturated rings. The van der Waals surface area contributed by atoms with Gasteiger partial charge in [0.05, 0.1) is 13.2 Å². The highest BCUT2D eigenvalue weighted by Gasteiger charge is 2.56. The molecule has 0 aromatic carbocycles. The third kappa shape index (κ3) is 9.19. The summed E-state index contributed by atoms with van der Waals surface area (Å²) in [4.78, 5) is 60.2. The molecule has 0 spiro atoms. The molecular weight excluding hydrogens is 520 g/mol. The van der Waals surface area contributed by atoms with Crippen LogP contribution >= 0.6 is 0 Å². The first kappa shape index (κ1) is 31.5. The zero-order valence-electron chi connectivity index (χ0n) is 22.8. The van der Waals surface area contributed by atoms with E-state index in [1.807, 2.05) is 20.8 Å². The molecule has 0 aliphatic carbocycles. The number of hydrogen-bond donors (Lipinski definition) is 4. The maximum absolute atomic E-state index is 12.7. The lowest BCUT2D eigenvalue weighted by molar-refractivity contribution is -0.170. The summed E-state index contributed by atoms with van der Waals surface area (Å²) in [5, 5.41) is 7.80. The molecule has 4 unspecified atom stereocenters. The number of cyclic esters (lactones) is 2. The van der Waals surface area contributed by atoms with Crippen LogP contribution in [-0.4, -0.2) is 86.6 Å². The number of alkyl carbamates (subject to hydrolysis) is 2. The Hall–Kier alpha value is -3.75. The van der Waals surface area contributed by atoms with Gasteiger partial charge in [-0.1, -0.05) is 6.92 Å². The van der Waals surface area contributed by atoms with Crippen LogP contribution in [0.2, 0.25) is 0 Å². The minimum atomic E-state index is -2.05. The zero-order valence-corrected chi connectivity index (χ0v) is 22.8. The van der Waals surface area contributed by atoms with Crippen LogP contribution in [0.4, 0.5) is 14.4 Å². The van der Waals surface area contributed by atoms with Crippen LogP contribution in [0.1, 0.15) is 53.4 Å². The maximum Gasteiger partial charge on any atom is 0.508 e. The number of hydrogen-bond acceptors (Lipinski definition) is 12. The van der Waals surface area contributed by atoms with E-state index in [0.29, 0.717) is 25.8 Å². The van der Waals surface area contributed by atoms with Gasteiger partial charge in [-0.3, -0.25) is 10.5 Å². The molecule has 0 aromatic rings. The molecule has 2 heterocycles. The topological polar surface area (TPSA) is 203 Å². The van der Waals surface area contributed by atoms with E-state index >= 15 is 0 Å². The molecule has 3 amide bonds. The fourth-order valence-electron chi connectivity index (χ4n) is 3.71. The van der Waals surface area contributed by atoms with Gasteiger partial charge in [-0.05, 0) is 45.6 Å². The summed E-state index contributed by atoms with van der Waals surface area (Å²) in [6.07, 6.45) is -2.11. The average molecular weight is 559 g/mol. The smallest absolute Gasteiger partial charge is 0.463 e. The Labute approximate surface area is 226 Å². The minimum Gasteiger partial charge on any atom is -0.463 e. The third-order valence-corrected chi connectivity index (χ3v) is 6.13. The summed E-state index contributed by atoms with van der Waals surface area (Å²) < 4.78 is 31.2. The number of carbonyl (C=O) groups excluding carboxylic acids is 5. The van der Waals surface area contributed by atoms with Gasteiger partial charge in [0.1, 0.15) is 12.2 Å². The van der Waals surface area contributed by atoms with Gasteiger partial charge in [-0.2, -0.15) is 0 Å². The standard InChI is InChI=1S/C24H38N4O11/c1-6-23(3,4)39-21(32)27-12-8-7-11-26-20(31)37-18(16-13-35-22(33)36-16)24(25)17(28-14(2)29)10-9-15(38-24)19(30)34-5/h9,16-18H,6-8,10-13,25H2,1-5H3,(H,26,31)(H,27,32)(H,28,29). The van der Waals surface area contributed by atoms with E-state index in [9.17, 15) is 24.0 Å². The Balaban J connectivity index is 2.02. The summed E-state index contributed by atoms with van der Waals surface area (Å²) in [6.45, 7) is 6.96. The molecule has 0 bridgehead atoms. The predicted molar refractivity (Wildman–Crippen MR) is 133 cm³/mol. The number of methoxy groups -OCH3 is 1. The molecule has 0 aromatic heterocycles. The summed E-state index contributed by atoms with van der Waals surface area (Å²) in [5.74, 6) is -1.58. The highest BCUT2D eigenvalue weighted by atomic mass is 16.8. The summed E-state index contributed by atoms with van der Waals surface area (Å²) in [6, 6.07) is -0.982. The van der Waals surface area contributed by atoms with Crippen molar-refractivity contribution in [3.05, 3.63) is 11.8 Å². The molecule has 1 saturated heterocycles. The maximum atomic E-state index is 12.7. The Bertz CT molecular complexity index is 954. The zero-order chi connectivity index (χ0) is 29.2. The first-order valence-electron chi connectivity index (χ1n) is 12.6. The average Bonchev–Trinajstić information content (AvgIpc) is 3.30. The van der Waals surface area contributed by atoms with Crippen LogP contribution in [0.15, 0.2) is 11.8 Å². The van der Waals surface area contributed by atoms with Gasteiger partial charge in [-0.15, -0.1) is 0 Å². The van der Waals surface area contributed by atoms with Crippen molar-refractivity contribution in [1.29, 1.82) is 0 Å². The van der Waals surface area contributed by atoms with Gasteiger partial charge in [-0.25, -0.2) is 19.2 Å². The van der Waals surface area contributed by atoms with Crippen molar-refractivity contribution in [3.8, 4) is 0 Å². The van der Waals surface area contributed by atoms with E-state index in [1.165, 1.54) is 13.0 Å². The van der Waals surface area contributed by atoms with Crippen molar-refractivity contribution in [1.82, 2.24) is 16.0 Å². The fourth-order valence-corrected chi connectivity index (χ4v) is 3.71. The van der Waals surface area contributed by atoms with Gasteiger partial charge in [0, 0.05) is 20.0 Å². The number of carbonyl (C=O) groups is 5. The predicted octanol–water partition coefficient (Wildman–Crippen LogP) is 0.949. The van der Waals surface area contributed by atoms with Crippen LogP contribution in [-0.2, 0) is 38.0 Å². The molecule has 15 nitrogen and oxygen atoms in total. The molecule has 0 radical (unpaired) electrons. The van der Waals surface area contributed by atoms with E-state index in [2.05, 4.69) is 16.0 Å². The molecule has 2 aliphatic rings. The van der Waals surface area contributed by atoms with Crippen LogP contribution in [0, 0.1) is 0 Å². The second-order valence-electron chi connectivity index (χ2n) is 9.61. The number of nitrogens with two attached hydrogens (primary N) is 1. The number of rotatable bonds is 12. The van der Waals surface area contributed by atoms with Crippen molar-refractivity contribution >= 4 is 30.2 Å². The van der Waals surface area contributed by atoms with Crippen molar-refractivity contribution in [2.45, 2.75) is 83.0 Å². The van der Waals surface area contributed by atoms with Crippen LogP contribution < -0.4 is 21.7 Å². The summed E-state index contributed by atoms with van der Waals surface area (Å²) in [7, 11) is 1.14. The monoisotopic (exact) mass is 558 g/mol. The lowest BCUT2D eigenvalue weighted by Crippen LogP contribution is -2.71. The quantitative estimate of drug-likeness (QED) is 0.150. The fraction of sp³-hybridized carbons (Fsp3) is 0.708. The number of amides is 3. The largest absolute Gasteiger partial charge is 0.508 e. The minimum absolute atomic E-state index is 0.0222. The number of esters is 1. The number of nitrogens with one attached hydrogen (secondary N) is 3. The lowest BCUT2D eigenvalue weighted by Gasteiger charge is -2.45. The molecular formula is C24H38N4O11. The summed E-state index contributed by atoms with van der Waals surface area (Å²) >= 11 is 0. The summed E-state index contributed by atoms with van der Waals surface area (Å²) in [5.41, 5.74) is 3.92. The first-order chi connectivity index (χ1) is 18.3. The molecule has 0 saturated carbocycles. The van der Waals surface area contributed by atoms with E-state index in [0.717, 1.165) is 7.11 Å². The van der Waals surface area contributed by atoms with Crippen molar-refractivity contribution in [3.63, 3.8) is 0 Å². The molecule has 15 heteroatoms. The Kier molecular flexibility index (Phi) is 11.2. The molecule has 39 heavy (non-hydrogen) atoms. The normalized spacial score (nSPS) is 23.1. The van der Waals surface area contributed by atoms with Crippen molar-refractivity contribution in [2.24, 2.45) is 5.73 Å². The SMILES string of the molecule is CCC(C)(C)OC(=O)NCCCCNC(=O)OC(C1COC(=O)O1)C1(N)OC(C(=O)OC)=CCC1NC(C)=O. The van der Waals surface area contributed by atoms with Gasteiger partial charge in [0.15, 0.2) is 12.2 Å². The Morgan fingerprint density at radius 1 is 1.18 bits per heavy atom. The van der Waals surface area contributed by atoms with Gasteiger partial charge in [0.25, 0.3) is 0 Å². The van der Waals surface area contributed by atoms with Gasteiger partial charge >= 0.3 is 24.3 Å². The Morgan fingerprint density at radius 2 is 1.82 bits per heavy atom. The highest BCUT2D eigenvalue weighted by molar-refractivity contribution is 5.86. The van der Waals surface area contributed by atoms with Crippen molar-refractivity contribution < 1.29 is 52.4 Å². The molecule has 5 N–H and O–H groups in total. The van der Waals surface area contributed by atoms with E-state index in [4.69, 9.17) is 34.2 Å². The van der Waals surface area contributed by atoms with E-state index in [1.54, 1.807) is 0 Å². The highest BCUT2D eigenvalue weighted by Crippen LogP contribution is 2.33. The number of unbranched alkanes of at least 4 members (excludes halogenated alkanes) is 1. The van der Waals surface area contributed by atoms with Crippen LogP contribution in [0.5, 0.6) is 0 Å². The third-order valence-electron chi connectivity index (χ3n) is 6.13. The first-order valence-corrected chi connectivity index (χ1v) is 12.6. The molecule has 220 valence electrons. The molecule has 2 rings (SSSR count). The molecule has 4 atom stereocenters. The second-order valence-corrected chi connectivity index (χ2v) is 9.61. The Morgan fingerprint density at radius 3 is 2.36 bits per heavy atom. The van der Waals surface area contributed by atoms with Gasteiger partial charge < -0.3 is 44.4 Å². The van der Waals surface area contributed by atoms with E-state index in [-0.39, 0.29) is 25.3 Å². The second kappa shape index (κ2) is 13.9. The number of ether oxygens (including phenoxy) is 6. The lowest BCUT2D eigenvalue weighted by atomic mass is 9.89. The van der Waals surface area contributed by atoms with Crippen LogP contribution in [0.3, 0.4) is 0 Å².